The van der Waals surface area contributed by atoms with Crippen LogP contribution in [0.5, 0.6) is 11.5 Å². The summed E-state index contributed by atoms with van der Waals surface area (Å²) in [4.78, 5) is 19.4. The standard InChI is InChI=1S/C30H30N2O4/c1-3-22-14-15-28(34-17-16-27-21(2)36-30(31-27)23-10-6-4-7-11-23)26-19-32(18-25(22)26)29(33)20-35-24-12-8-5-9-13-24/h4-15H,3,16-20H2,1-2H3. The SMILES string of the molecule is CCc1ccc(OCCc2nc(-c3ccccc3)oc2C)c2c1CN(C(=O)COc1ccccc1)C2. The largest absolute Gasteiger partial charge is 0.493 e. The maximum absolute atomic E-state index is 12.9. The fourth-order valence-electron chi connectivity index (χ4n) is 4.55. The Bertz CT molecular complexity index is 1330. The van der Waals surface area contributed by atoms with E-state index in [4.69, 9.17) is 13.9 Å². The molecule has 2 heterocycles. The molecule has 36 heavy (non-hydrogen) atoms. The first-order valence-corrected chi connectivity index (χ1v) is 12.4. The zero-order valence-electron chi connectivity index (χ0n) is 20.7. The molecular formula is C30H30N2O4. The molecule has 184 valence electrons. The fraction of sp³-hybridized carbons (Fsp3) is 0.267. The molecule has 0 fully saturated rings. The third-order valence-electron chi connectivity index (χ3n) is 6.53. The molecule has 0 atom stereocenters. The van der Waals surface area contributed by atoms with E-state index in [2.05, 4.69) is 18.0 Å². The smallest absolute Gasteiger partial charge is 0.261 e. The predicted molar refractivity (Wildman–Crippen MR) is 138 cm³/mol. The van der Waals surface area contributed by atoms with Crippen LogP contribution in [0, 0.1) is 6.92 Å². The average molecular weight is 483 g/mol. The quantitative estimate of drug-likeness (QED) is 0.304. The predicted octanol–water partition coefficient (Wildman–Crippen LogP) is 5.76. The van der Waals surface area contributed by atoms with Gasteiger partial charge in [-0.05, 0) is 54.8 Å². The van der Waals surface area contributed by atoms with Crippen LogP contribution in [0.1, 0.15) is 35.1 Å². The number of nitrogens with zero attached hydrogens (tertiary/aromatic N) is 2. The first kappa shape index (κ1) is 23.7. The van der Waals surface area contributed by atoms with Gasteiger partial charge in [0, 0.05) is 24.1 Å². The number of hydrogen-bond acceptors (Lipinski definition) is 5. The molecule has 6 heteroatoms. The van der Waals surface area contributed by atoms with Crippen molar-refractivity contribution in [2.45, 2.75) is 39.8 Å². The van der Waals surface area contributed by atoms with E-state index in [1.54, 1.807) is 0 Å². The van der Waals surface area contributed by atoms with Gasteiger partial charge in [0.25, 0.3) is 5.91 Å². The summed E-state index contributed by atoms with van der Waals surface area (Å²) in [6.07, 6.45) is 1.55. The van der Waals surface area contributed by atoms with Crippen molar-refractivity contribution in [2.24, 2.45) is 0 Å². The Kier molecular flexibility index (Phi) is 7.03. The van der Waals surface area contributed by atoms with Crippen LogP contribution < -0.4 is 9.47 Å². The van der Waals surface area contributed by atoms with Crippen molar-refractivity contribution < 1.29 is 18.7 Å². The molecule has 1 aromatic heterocycles. The Morgan fingerprint density at radius 3 is 2.42 bits per heavy atom. The second kappa shape index (κ2) is 10.7. The van der Waals surface area contributed by atoms with Crippen molar-refractivity contribution in [3.05, 3.63) is 101 Å². The molecule has 0 N–H and O–H groups in total. The summed E-state index contributed by atoms with van der Waals surface area (Å²) in [7, 11) is 0. The molecular weight excluding hydrogens is 452 g/mol. The van der Waals surface area contributed by atoms with E-state index in [0.717, 1.165) is 34.8 Å². The Hall–Kier alpha value is -4.06. The van der Waals surface area contributed by atoms with Crippen LogP contribution in [0.2, 0.25) is 0 Å². The molecule has 0 radical (unpaired) electrons. The number of hydrogen-bond donors (Lipinski definition) is 0. The van der Waals surface area contributed by atoms with Crippen LogP contribution in [0.3, 0.4) is 0 Å². The zero-order chi connectivity index (χ0) is 24.9. The molecule has 1 aliphatic rings. The number of para-hydroxylation sites is 1. The summed E-state index contributed by atoms with van der Waals surface area (Å²) in [5.74, 6) is 2.92. The third-order valence-corrected chi connectivity index (χ3v) is 6.53. The number of aryl methyl sites for hydroxylation is 2. The van der Waals surface area contributed by atoms with E-state index < -0.39 is 0 Å². The van der Waals surface area contributed by atoms with Gasteiger partial charge >= 0.3 is 0 Å². The van der Waals surface area contributed by atoms with Crippen LogP contribution in [0.4, 0.5) is 0 Å². The Labute approximate surface area is 211 Å². The number of carbonyl (C=O) groups is 1. The van der Waals surface area contributed by atoms with Gasteiger partial charge in [-0.1, -0.05) is 49.4 Å². The molecule has 5 rings (SSSR count). The maximum atomic E-state index is 12.9. The van der Waals surface area contributed by atoms with Gasteiger partial charge in [0.05, 0.1) is 18.8 Å². The van der Waals surface area contributed by atoms with Gasteiger partial charge in [0.15, 0.2) is 6.61 Å². The summed E-state index contributed by atoms with van der Waals surface area (Å²) in [5.41, 5.74) is 5.38. The summed E-state index contributed by atoms with van der Waals surface area (Å²) < 4.78 is 17.8. The maximum Gasteiger partial charge on any atom is 0.261 e. The second-order valence-corrected chi connectivity index (χ2v) is 8.87. The number of rotatable bonds is 9. The minimum absolute atomic E-state index is 0.0187. The molecule has 6 nitrogen and oxygen atoms in total. The van der Waals surface area contributed by atoms with Crippen molar-refractivity contribution in [3.8, 4) is 23.0 Å². The van der Waals surface area contributed by atoms with Crippen molar-refractivity contribution in [1.82, 2.24) is 9.88 Å². The lowest BCUT2D eigenvalue weighted by molar-refractivity contribution is -0.134. The van der Waals surface area contributed by atoms with Crippen LogP contribution in [-0.2, 0) is 30.7 Å². The minimum atomic E-state index is -0.0327. The summed E-state index contributed by atoms with van der Waals surface area (Å²) in [5, 5.41) is 0. The number of benzene rings is 3. The highest BCUT2D eigenvalue weighted by molar-refractivity contribution is 5.79. The number of aromatic nitrogens is 1. The van der Waals surface area contributed by atoms with Gasteiger partial charge in [-0.2, -0.15) is 0 Å². The molecule has 3 aromatic carbocycles. The number of fused-ring (bicyclic) bond motifs is 1. The van der Waals surface area contributed by atoms with E-state index in [-0.39, 0.29) is 12.5 Å². The molecule has 1 amide bonds. The first-order chi connectivity index (χ1) is 17.6. The highest BCUT2D eigenvalue weighted by Crippen LogP contribution is 2.34. The molecule has 0 unspecified atom stereocenters. The van der Waals surface area contributed by atoms with Gasteiger partial charge in [0.2, 0.25) is 5.89 Å². The van der Waals surface area contributed by atoms with Gasteiger partial charge in [0.1, 0.15) is 17.3 Å². The van der Waals surface area contributed by atoms with Crippen molar-refractivity contribution >= 4 is 5.91 Å². The minimum Gasteiger partial charge on any atom is -0.493 e. The van der Waals surface area contributed by atoms with E-state index in [1.165, 1.54) is 11.1 Å². The fourth-order valence-corrected chi connectivity index (χ4v) is 4.55. The van der Waals surface area contributed by atoms with Crippen LogP contribution in [0.25, 0.3) is 11.5 Å². The molecule has 0 aliphatic carbocycles. The number of carbonyl (C=O) groups excluding carboxylic acids is 1. The highest BCUT2D eigenvalue weighted by Gasteiger charge is 2.28. The topological polar surface area (TPSA) is 64.8 Å². The summed E-state index contributed by atoms with van der Waals surface area (Å²) in [6, 6.07) is 23.4. The number of oxazole rings is 1. The lowest BCUT2D eigenvalue weighted by Gasteiger charge is -2.16. The molecule has 0 saturated carbocycles. The molecule has 4 aromatic rings. The van der Waals surface area contributed by atoms with Crippen molar-refractivity contribution in [2.75, 3.05) is 13.2 Å². The second-order valence-electron chi connectivity index (χ2n) is 8.87. The number of amides is 1. The highest BCUT2D eigenvalue weighted by atomic mass is 16.5. The van der Waals surface area contributed by atoms with Crippen LogP contribution in [-0.4, -0.2) is 29.0 Å². The molecule has 0 spiro atoms. The summed E-state index contributed by atoms with van der Waals surface area (Å²) >= 11 is 0. The molecule has 0 bridgehead atoms. The lowest BCUT2D eigenvalue weighted by atomic mass is 10.0. The lowest BCUT2D eigenvalue weighted by Crippen LogP contribution is -2.30. The van der Waals surface area contributed by atoms with E-state index in [1.807, 2.05) is 78.6 Å². The van der Waals surface area contributed by atoms with E-state index in [9.17, 15) is 4.79 Å². The Morgan fingerprint density at radius 1 is 0.944 bits per heavy atom. The zero-order valence-corrected chi connectivity index (χ0v) is 20.7. The average Bonchev–Trinajstić information content (AvgIpc) is 3.53. The van der Waals surface area contributed by atoms with Gasteiger partial charge in [-0.15, -0.1) is 0 Å². The van der Waals surface area contributed by atoms with Crippen LogP contribution in [0.15, 0.2) is 77.2 Å². The summed E-state index contributed by atoms with van der Waals surface area (Å²) in [6.45, 7) is 5.67. The van der Waals surface area contributed by atoms with Gasteiger partial charge < -0.3 is 18.8 Å². The van der Waals surface area contributed by atoms with E-state index >= 15 is 0 Å². The normalized spacial score (nSPS) is 12.4. The van der Waals surface area contributed by atoms with Crippen molar-refractivity contribution in [1.29, 1.82) is 0 Å². The Balaban J connectivity index is 1.23. The van der Waals surface area contributed by atoms with Gasteiger partial charge in [-0.3, -0.25) is 4.79 Å². The third kappa shape index (κ3) is 5.13. The molecule has 1 aliphatic heterocycles. The Morgan fingerprint density at radius 2 is 1.67 bits per heavy atom. The van der Waals surface area contributed by atoms with Gasteiger partial charge in [-0.25, -0.2) is 4.98 Å². The van der Waals surface area contributed by atoms with Crippen LogP contribution >= 0.6 is 0 Å². The first-order valence-electron chi connectivity index (χ1n) is 12.4. The van der Waals surface area contributed by atoms with E-state index in [0.29, 0.717) is 37.8 Å². The monoisotopic (exact) mass is 482 g/mol. The molecule has 0 saturated heterocycles. The number of ether oxygens (including phenoxy) is 2. The van der Waals surface area contributed by atoms with Crippen molar-refractivity contribution in [3.63, 3.8) is 0 Å².